The average molecular weight is 272 g/mol. The second kappa shape index (κ2) is 4.44. The summed E-state index contributed by atoms with van der Waals surface area (Å²) in [4.78, 5) is 23.5. The number of carbonyl (C=O) groups excluding carboxylic acids is 2. The van der Waals surface area contributed by atoms with Gasteiger partial charge in [0.25, 0.3) is 0 Å². The fourth-order valence-electron chi connectivity index (χ4n) is 3.77. The fraction of sp³-hybridized carbons (Fsp3) is 0.529. The molecule has 0 fully saturated rings. The van der Waals surface area contributed by atoms with Crippen LogP contribution in [0.25, 0.3) is 0 Å². The maximum absolute atomic E-state index is 12.1. The van der Waals surface area contributed by atoms with Gasteiger partial charge in [-0.3, -0.25) is 4.79 Å². The predicted octanol–water partition coefficient (Wildman–Crippen LogP) is 3.33. The third kappa shape index (κ3) is 1.80. The number of carbonyl (C=O) groups is 2. The molecule has 0 amide bonds. The summed E-state index contributed by atoms with van der Waals surface area (Å²) in [6, 6.07) is 0. The number of allylic oxidation sites excluding steroid dienone is 4. The van der Waals surface area contributed by atoms with Crippen LogP contribution in [0.5, 0.6) is 0 Å². The zero-order chi connectivity index (χ0) is 14.5. The van der Waals surface area contributed by atoms with Gasteiger partial charge in [-0.25, -0.2) is 4.79 Å². The molecule has 0 saturated heterocycles. The Morgan fingerprint density at radius 2 is 2.20 bits per heavy atom. The van der Waals surface area contributed by atoms with Crippen LogP contribution in [0.1, 0.15) is 40.0 Å². The van der Waals surface area contributed by atoms with E-state index in [0.717, 1.165) is 18.4 Å². The van der Waals surface area contributed by atoms with Crippen molar-refractivity contribution in [1.82, 2.24) is 0 Å². The maximum atomic E-state index is 12.1. The molecule has 3 aliphatic rings. The largest absolute Gasteiger partial charge is 0.423 e. The standard InChI is InChI=1S/C17H20O3/c1-4-14(18)13-6-5-12-8-15-11(7-16(19)20-15)9-17(12,3)10(13)2/h5,7-8,10,13H,4,6,9H2,1-3H3/t10-,13+,17-/m1/s1. The summed E-state index contributed by atoms with van der Waals surface area (Å²) in [5.41, 5.74) is 2.12. The minimum absolute atomic E-state index is 0.0724. The number of Topliss-reactive ketones (excluding diaryl/α,β-unsaturated/α-hetero) is 1. The van der Waals surface area contributed by atoms with Gasteiger partial charge in [-0.2, -0.15) is 0 Å². The summed E-state index contributed by atoms with van der Waals surface area (Å²) < 4.78 is 5.21. The quantitative estimate of drug-likeness (QED) is 0.724. The molecule has 0 radical (unpaired) electrons. The lowest BCUT2D eigenvalue weighted by atomic mass is 9.57. The Kier molecular flexibility index (Phi) is 2.96. The summed E-state index contributed by atoms with van der Waals surface area (Å²) in [5, 5.41) is 0. The Bertz CT molecular complexity index is 579. The molecule has 0 unspecified atom stereocenters. The molecule has 3 heteroatoms. The molecule has 1 heterocycles. The highest BCUT2D eigenvalue weighted by Crippen LogP contribution is 2.54. The highest BCUT2D eigenvalue weighted by atomic mass is 16.5. The van der Waals surface area contributed by atoms with Crippen LogP contribution < -0.4 is 0 Å². The topological polar surface area (TPSA) is 43.4 Å². The Labute approximate surface area is 119 Å². The van der Waals surface area contributed by atoms with Crippen LogP contribution in [-0.4, -0.2) is 11.8 Å². The monoisotopic (exact) mass is 272 g/mol. The zero-order valence-electron chi connectivity index (χ0n) is 12.2. The van der Waals surface area contributed by atoms with Gasteiger partial charge in [-0.1, -0.05) is 26.8 Å². The third-order valence-corrected chi connectivity index (χ3v) is 5.29. The summed E-state index contributed by atoms with van der Waals surface area (Å²) in [6.45, 7) is 6.30. The van der Waals surface area contributed by atoms with Crippen molar-refractivity contribution in [2.75, 3.05) is 0 Å². The van der Waals surface area contributed by atoms with Crippen molar-refractivity contribution >= 4 is 11.8 Å². The second-order valence-electron chi connectivity index (χ2n) is 6.30. The highest BCUT2D eigenvalue weighted by molar-refractivity contribution is 5.89. The molecular formula is C17H20O3. The van der Waals surface area contributed by atoms with Gasteiger partial charge in [0.1, 0.15) is 11.5 Å². The number of fused-ring (bicyclic) bond motifs is 2. The van der Waals surface area contributed by atoms with E-state index in [-0.39, 0.29) is 23.2 Å². The van der Waals surface area contributed by atoms with E-state index >= 15 is 0 Å². The van der Waals surface area contributed by atoms with Crippen molar-refractivity contribution in [2.45, 2.75) is 40.0 Å². The number of hydrogen-bond acceptors (Lipinski definition) is 3. The lowest BCUT2D eigenvalue weighted by Gasteiger charge is -2.46. The van der Waals surface area contributed by atoms with Crippen molar-refractivity contribution in [3.63, 3.8) is 0 Å². The van der Waals surface area contributed by atoms with Crippen LogP contribution in [0, 0.1) is 17.3 Å². The molecule has 3 nitrogen and oxygen atoms in total. The van der Waals surface area contributed by atoms with E-state index in [1.807, 2.05) is 13.0 Å². The lowest BCUT2D eigenvalue weighted by Crippen LogP contribution is -2.40. The maximum Gasteiger partial charge on any atom is 0.336 e. The molecule has 106 valence electrons. The first-order valence-electron chi connectivity index (χ1n) is 7.33. The van der Waals surface area contributed by atoms with Gasteiger partial charge in [0, 0.05) is 24.0 Å². The van der Waals surface area contributed by atoms with Crippen molar-refractivity contribution in [3.05, 3.63) is 35.1 Å². The van der Waals surface area contributed by atoms with E-state index in [2.05, 4.69) is 19.9 Å². The number of ketones is 1. The molecule has 0 bridgehead atoms. The fourth-order valence-corrected chi connectivity index (χ4v) is 3.77. The number of esters is 1. The minimum Gasteiger partial charge on any atom is -0.423 e. The molecule has 20 heavy (non-hydrogen) atoms. The molecule has 3 atom stereocenters. The highest BCUT2D eigenvalue weighted by Gasteiger charge is 2.47. The normalized spacial score (nSPS) is 35.4. The predicted molar refractivity (Wildman–Crippen MR) is 75.6 cm³/mol. The summed E-state index contributed by atoms with van der Waals surface area (Å²) in [7, 11) is 0. The van der Waals surface area contributed by atoms with E-state index in [0.29, 0.717) is 18.0 Å². The van der Waals surface area contributed by atoms with Gasteiger partial charge < -0.3 is 4.74 Å². The van der Waals surface area contributed by atoms with E-state index in [1.54, 1.807) is 6.08 Å². The molecule has 2 aliphatic carbocycles. The molecule has 0 spiro atoms. The van der Waals surface area contributed by atoms with Gasteiger partial charge in [-0.15, -0.1) is 0 Å². The van der Waals surface area contributed by atoms with Gasteiger partial charge in [-0.05, 0) is 35.8 Å². The molecule has 3 rings (SSSR count). The molecule has 0 N–H and O–H groups in total. The zero-order valence-corrected chi connectivity index (χ0v) is 12.2. The Morgan fingerprint density at radius 3 is 2.90 bits per heavy atom. The Morgan fingerprint density at radius 1 is 1.45 bits per heavy atom. The third-order valence-electron chi connectivity index (χ3n) is 5.29. The summed E-state index contributed by atoms with van der Waals surface area (Å²) in [5.74, 6) is 1.15. The van der Waals surface area contributed by atoms with Crippen LogP contribution in [0.15, 0.2) is 35.1 Å². The van der Waals surface area contributed by atoms with Gasteiger partial charge >= 0.3 is 5.97 Å². The molecule has 0 aromatic rings. The summed E-state index contributed by atoms with van der Waals surface area (Å²) >= 11 is 0. The first-order valence-corrected chi connectivity index (χ1v) is 7.33. The number of hydrogen-bond donors (Lipinski definition) is 0. The van der Waals surface area contributed by atoms with Crippen molar-refractivity contribution in [3.8, 4) is 0 Å². The first kappa shape index (κ1) is 13.3. The number of rotatable bonds is 2. The minimum atomic E-state index is -0.275. The van der Waals surface area contributed by atoms with Crippen LogP contribution >= 0.6 is 0 Å². The van der Waals surface area contributed by atoms with Crippen molar-refractivity contribution in [2.24, 2.45) is 17.3 Å². The van der Waals surface area contributed by atoms with Crippen molar-refractivity contribution < 1.29 is 14.3 Å². The molecule has 0 saturated carbocycles. The van der Waals surface area contributed by atoms with Gasteiger partial charge in [0.2, 0.25) is 0 Å². The summed E-state index contributed by atoms with van der Waals surface area (Å²) in [6.07, 6.45) is 7.92. The lowest BCUT2D eigenvalue weighted by molar-refractivity contribution is -0.132. The number of ether oxygens (including phenoxy) is 1. The Balaban J connectivity index is 2.01. The van der Waals surface area contributed by atoms with Gasteiger partial charge in [0.05, 0.1) is 0 Å². The SMILES string of the molecule is CCC(=O)[C@H]1CC=C2C=C3OC(=O)C=C3C[C@]2(C)[C@@H]1C. The van der Waals surface area contributed by atoms with Crippen molar-refractivity contribution in [1.29, 1.82) is 0 Å². The second-order valence-corrected chi connectivity index (χ2v) is 6.30. The average Bonchev–Trinajstić information content (AvgIpc) is 2.76. The molecule has 0 aromatic heterocycles. The van der Waals surface area contributed by atoms with Crippen LogP contribution in [0.4, 0.5) is 0 Å². The van der Waals surface area contributed by atoms with E-state index < -0.39 is 0 Å². The first-order chi connectivity index (χ1) is 9.45. The van der Waals surface area contributed by atoms with Gasteiger partial charge in [0.15, 0.2) is 0 Å². The van der Waals surface area contributed by atoms with Crippen LogP contribution in [-0.2, 0) is 14.3 Å². The Hall–Kier alpha value is -1.64. The molecule has 0 aromatic carbocycles. The van der Waals surface area contributed by atoms with E-state index in [1.165, 1.54) is 5.57 Å². The van der Waals surface area contributed by atoms with E-state index in [9.17, 15) is 9.59 Å². The van der Waals surface area contributed by atoms with E-state index in [4.69, 9.17) is 4.74 Å². The van der Waals surface area contributed by atoms with Crippen LogP contribution in [0.3, 0.4) is 0 Å². The molecular weight excluding hydrogens is 252 g/mol. The molecule has 1 aliphatic heterocycles. The smallest absolute Gasteiger partial charge is 0.336 e. The van der Waals surface area contributed by atoms with Crippen LogP contribution in [0.2, 0.25) is 0 Å².